The SMILES string of the molecule is CC(C)(C)C(O)(c1cncnc1)c1ccc(-c2ccc(C#N)cc2)cn1. The molecule has 0 aliphatic carbocycles. The molecule has 26 heavy (non-hydrogen) atoms. The molecule has 130 valence electrons. The lowest BCUT2D eigenvalue weighted by atomic mass is 9.70. The fourth-order valence-electron chi connectivity index (χ4n) is 2.97. The van der Waals surface area contributed by atoms with Crippen molar-refractivity contribution in [1.29, 1.82) is 5.26 Å². The summed E-state index contributed by atoms with van der Waals surface area (Å²) < 4.78 is 0. The molecule has 0 saturated heterocycles. The molecule has 0 spiro atoms. The number of hydrogen-bond acceptors (Lipinski definition) is 5. The van der Waals surface area contributed by atoms with Crippen LogP contribution in [0.25, 0.3) is 11.1 Å². The predicted molar refractivity (Wildman–Crippen MR) is 98.9 cm³/mol. The average Bonchev–Trinajstić information content (AvgIpc) is 2.67. The molecular weight excluding hydrogens is 324 g/mol. The fraction of sp³-hybridized carbons (Fsp3) is 0.238. The van der Waals surface area contributed by atoms with Crippen molar-refractivity contribution in [3.05, 3.63) is 78.1 Å². The Morgan fingerprint density at radius 2 is 1.50 bits per heavy atom. The highest BCUT2D eigenvalue weighted by Crippen LogP contribution is 2.43. The van der Waals surface area contributed by atoms with E-state index < -0.39 is 11.0 Å². The lowest BCUT2D eigenvalue weighted by molar-refractivity contribution is -0.0301. The lowest BCUT2D eigenvalue weighted by Gasteiger charge is -2.39. The van der Waals surface area contributed by atoms with Gasteiger partial charge in [0.15, 0.2) is 0 Å². The van der Waals surface area contributed by atoms with Crippen LogP contribution < -0.4 is 0 Å². The van der Waals surface area contributed by atoms with Crippen molar-refractivity contribution in [2.24, 2.45) is 5.41 Å². The van der Waals surface area contributed by atoms with E-state index >= 15 is 0 Å². The van der Waals surface area contributed by atoms with Crippen LogP contribution in [0.4, 0.5) is 0 Å². The van der Waals surface area contributed by atoms with E-state index in [1.54, 1.807) is 30.7 Å². The topological polar surface area (TPSA) is 82.7 Å². The quantitative estimate of drug-likeness (QED) is 0.783. The zero-order valence-electron chi connectivity index (χ0n) is 15.0. The van der Waals surface area contributed by atoms with Gasteiger partial charge in [0.2, 0.25) is 0 Å². The third kappa shape index (κ3) is 3.07. The van der Waals surface area contributed by atoms with Gasteiger partial charge in [-0.1, -0.05) is 39.0 Å². The zero-order chi connectivity index (χ0) is 18.8. The Labute approximate surface area is 153 Å². The minimum atomic E-state index is -1.32. The largest absolute Gasteiger partial charge is 0.378 e. The third-order valence-corrected chi connectivity index (χ3v) is 4.55. The van der Waals surface area contributed by atoms with Crippen molar-refractivity contribution in [2.75, 3.05) is 0 Å². The molecule has 0 aliphatic heterocycles. The molecule has 2 heterocycles. The minimum absolute atomic E-state index is 0.513. The summed E-state index contributed by atoms with van der Waals surface area (Å²) in [5.74, 6) is 0. The normalized spacial score (nSPS) is 13.7. The number of aromatic nitrogens is 3. The monoisotopic (exact) mass is 344 g/mol. The van der Waals surface area contributed by atoms with Gasteiger partial charge in [0, 0.05) is 35.1 Å². The Morgan fingerprint density at radius 1 is 0.885 bits per heavy atom. The van der Waals surface area contributed by atoms with Crippen molar-refractivity contribution < 1.29 is 5.11 Å². The van der Waals surface area contributed by atoms with E-state index in [1.165, 1.54) is 6.33 Å². The van der Waals surface area contributed by atoms with Crippen LogP contribution in [-0.2, 0) is 5.60 Å². The van der Waals surface area contributed by atoms with Gasteiger partial charge in [-0.2, -0.15) is 5.26 Å². The molecule has 5 heteroatoms. The second-order valence-electron chi connectivity index (χ2n) is 7.21. The zero-order valence-corrected chi connectivity index (χ0v) is 15.0. The molecule has 0 fully saturated rings. The molecule has 1 aromatic carbocycles. The first-order valence-electron chi connectivity index (χ1n) is 8.31. The van der Waals surface area contributed by atoms with Gasteiger partial charge in [0.05, 0.1) is 17.3 Å². The number of pyridine rings is 1. The van der Waals surface area contributed by atoms with E-state index in [2.05, 4.69) is 21.0 Å². The van der Waals surface area contributed by atoms with Crippen LogP contribution in [0.3, 0.4) is 0 Å². The molecular formula is C21H20N4O. The first-order chi connectivity index (χ1) is 12.4. The molecule has 3 aromatic rings. The molecule has 1 unspecified atom stereocenters. The first-order valence-corrected chi connectivity index (χ1v) is 8.31. The average molecular weight is 344 g/mol. The van der Waals surface area contributed by atoms with E-state index in [4.69, 9.17) is 5.26 Å². The number of benzene rings is 1. The third-order valence-electron chi connectivity index (χ3n) is 4.55. The van der Waals surface area contributed by atoms with Gasteiger partial charge < -0.3 is 5.11 Å². The highest BCUT2D eigenvalue weighted by atomic mass is 16.3. The summed E-state index contributed by atoms with van der Waals surface area (Å²) in [5.41, 5.74) is 1.80. The maximum Gasteiger partial charge on any atom is 0.139 e. The summed E-state index contributed by atoms with van der Waals surface area (Å²) in [6.07, 6.45) is 6.41. The number of nitriles is 1. The maximum absolute atomic E-state index is 11.5. The summed E-state index contributed by atoms with van der Waals surface area (Å²) in [6.45, 7) is 5.86. The van der Waals surface area contributed by atoms with Gasteiger partial charge in [-0.05, 0) is 23.8 Å². The molecule has 2 aromatic heterocycles. The van der Waals surface area contributed by atoms with Gasteiger partial charge in [-0.25, -0.2) is 9.97 Å². The Kier molecular flexibility index (Phi) is 4.54. The van der Waals surface area contributed by atoms with Crippen LogP contribution in [-0.4, -0.2) is 20.1 Å². The molecule has 0 radical (unpaired) electrons. The highest BCUT2D eigenvalue weighted by molar-refractivity contribution is 5.63. The van der Waals surface area contributed by atoms with Gasteiger partial charge in [-0.15, -0.1) is 0 Å². The van der Waals surface area contributed by atoms with Crippen molar-refractivity contribution in [3.8, 4) is 17.2 Å². The van der Waals surface area contributed by atoms with Crippen molar-refractivity contribution in [2.45, 2.75) is 26.4 Å². The number of nitrogens with zero attached hydrogens (tertiary/aromatic N) is 4. The molecule has 0 amide bonds. The summed E-state index contributed by atoms with van der Waals surface area (Å²) >= 11 is 0. The first kappa shape index (κ1) is 17.7. The van der Waals surface area contributed by atoms with Gasteiger partial charge in [0.25, 0.3) is 0 Å². The Bertz CT molecular complexity index is 923. The number of hydrogen-bond donors (Lipinski definition) is 1. The summed E-state index contributed by atoms with van der Waals surface area (Å²) in [6, 6.07) is 13.2. The van der Waals surface area contributed by atoms with E-state index in [1.807, 2.05) is 45.0 Å². The highest BCUT2D eigenvalue weighted by Gasteiger charge is 2.45. The maximum atomic E-state index is 11.5. The van der Waals surface area contributed by atoms with Gasteiger partial charge >= 0.3 is 0 Å². The van der Waals surface area contributed by atoms with Crippen molar-refractivity contribution >= 4 is 0 Å². The molecule has 0 aliphatic rings. The van der Waals surface area contributed by atoms with E-state index in [-0.39, 0.29) is 0 Å². The summed E-state index contributed by atoms with van der Waals surface area (Å²) in [5, 5.41) is 20.5. The smallest absolute Gasteiger partial charge is 0.139 e. The van der Waals surface area contributed by atoms with Crippen LogP contribution in [0.15, 0.2) is 61.3 Å². The summed E-state index contributed by atoms with van der Waals surface area (Å²) in [4.78, 5) is 12.6. The molecule has 3 rings (SSSR count). The predicted octanol–water partition coefficient (Wildman–Crippen LogP) is 3.69. The van der Waals surface area contributed by atoms with Crippen LogP contribution in [0, 0.1) is 16.7 Å². The van der Waals surface area contributed by atoms with E-state index in [0.717, 1.165) is 11.1 Å². The fourth-order valence-corrected chi connectivity index (χ4v) is 2.97. The molecule has 0 bridgehead atoms. The number of rotatable bonds is 3. The van der Waals surface area contributed by atoms with Crippen LogP contribution >= 0.6 is 0 Å². The molecule has 1 N–H and O–H groups in total. The van der Waals surface area contributed by atoms with Crippen LogP contribution in [0.5, 0.6) is 0 Å². The lowest BCUT2D eigenvalue weighted by Crippen LogP contribution is -2.42. The molecule has 1 atom stereocenters. The van der Waals surface area contributed by atoms with Crippen LogP contribution in [0.1, 0.15) is 37.6 Å². The molecule has 5 nitrogen and oxygen atoms in total. The Hall–Kier alpha value is -3.10. The summed E-state index contributed by atoms with van der Waals surface area (Å²) in [7, 11) is 0. The van der Waals surface area contributed by atoms with E-state index in [0.29, 0.717) is 16.8 Å². The number of aliphatic hydroxyl groups is 1. The van der Waals surface area contributed by atoms with Crippen LogP contribution in [0.2, 0.25) is 0 Å². The molecule has 0 saturated carbocycles. The van der Waals surface area contributed by atoms with Crippen molar-refractivity contribution in [1.82, 2.24) is 15.0 Å². The van der Waals surface area contributed by atoms with E-state index in [9.17, 15) is 5.11 Å². The second-order valence-corrected chi connectivity index (χ2v) is 7.21. The Morgan fingerprint density at radius 3 is 2.00 bits per heavy atom. The van der Waals surface area contributed by atoms with Gasteiger partial charge in [0.1, 0.15) is 11.9 Å². The minimum Gasteiger partial charge on any atom is -0.378 e. The van der Waals surface area contributed by atoms with Crippen molar-refractivity contribution in [3.63, 3.8) is 0 Å². The second kappa shape index (κ2) is 6.66. The van der Waals surface area contributed by atoms with Gasteiger partial charge in [-0.3, -0.25) is 4.98 Å². The Balaban J connectivity index is 2.03. The standard InChI is InChI=1S/C21H20N4O/c1-20(2,3)21(26,18-12-23-14-24-13-18)19-9-8-17(11-25-19)16-6-4-15(10-22)5-7-16/h4-9,11-14,26H,1-3H3.